The Hall–Kier alpha value is -2.61. The lowest BCUT2D eigenvalue weighted by atomic mass is 9.98. The van der Waals surface area contributed by atoms with Crippen LogP contribution in [-0.2, 0) is 16.0 Å². The lowest BCUT2D eigenvalue weighted by Gasteiger charge is -2.29. The maximum atomic E-state index is 13.1. The summed E-state index contributed by atoms with van der Waals surface area (Å²) in [5.74, 6) is -0.0739. The standard InChI is InChI=1S/C25H43N5O3/c1-7-9-19-11-13-20(14-12-19)29-23(31)21(10-8-15-27-25(26)33)30-24(32)22(17(4)5)28-18(6)16(2)3/h11-14,16-18,21-22,28H,7-10,15H2,1-6H3,(H,29,31)(H,30,32)(H3,26,27,33). The Morgan fingerprint density at radius 1 is 0.939 bits per heavy atom. The van der Waals surface area contributed by atoms with Crippen molar-refractivity contribution in [3.05, 3.63) is 29.8 Å². The van der Waals surface area contributed by atoms with Gasteiger partial charge in [-0.25, -0.2) is 4.79 Å². The Bertz CT molecular complexity index is 749. The number of benzene rings is 1. The molecular weight excluding hydrogens is 418 g/mol. The van der Waals surface area contributed by atoms with Crippen LogP contribution in [0.5, 0.6) is 0 Å². The molecule has 8 heteroatoms. The van der Waals surface area contributed by atoms with Crippen molar-refractivity contribution in [3.63, 3.8) is 0 Å². The average Bonchev–Trinajstić information content (AvgIpc) is 2.74. The maximum Gasteiger partial charge on any atom is 0.312 e. The van der Waals surface area contributed by atoms with Gasteiger partial charge in [-0.1, -0.05) is 53.2 Å². The predicted molar refractivity (Wildman–Crippen MR) is 134 cm³/mol. The van der Waals surface area contributed by atoms with Crippen molar-refractivity contribution in [2.24, 2.45) is 17.6 Å². The number of nitrogens with two attached hydrogens (primary N) is 1. The molecule has 1 aromatic rings. The van der Waals surface area contributed by atoms with Crippen molar-refractivity contribution in [2.45, 2.75) is 85.4 Å². The first-order valence-electron chi connectivity index (χ1n) is 12.0. The lowest BCUT2D eigenvalue weighted by Crippen LogP contribution is -2.55. The molecule has 33 heavy (non-hydrogen) atoms. The molecule has 0 aromatic heterocycles. The van der Waals surface area contributed by atoms with Gasteiger partial charge in [-0.05, 0) is 55.7 Å². The minimum absolute atomic E-state index is 0.0533. The number of carbonyl (C=O) groups excluding carboxylic acids is 3. The zero-order valence-corrected chi connectivity index (χ0v) is 21.0. The Morgan fingerprint density at radius 2 is 1.58 bits per heavy atom. The van der Waals surface area contributed by atoms with Crippen LogP contribution in [0.2, 0.25) is 0 Å². The summed E-state index contributed by atoms with van der Waals surface area (Å²) in [4.78, 5) is 37.1. The molecule has 0 fully saturated rings. The smallest absolute Gasteiger partial charge is 0.312 e. The number of hydrogen-bond acceptors (Lipinski definition) is 4. The van der Waals surface area contributed by atoms with Crippen LogP contribution in [0.15, 0.2) is 24.3 Å². The van der Waals surface area contributed by atoms with Gasteiger partial charge in [-0.2, -0.15) is 0 Å². The van der Waals surface area contributed by atoms with Gasteiger partial charge in [-0.3, -0.25) is 9.59 Å². The molecule has 6 N–H and O–H groups in total. The van der Waals surface area contributed by atoms with E-state index in [2.05, 4.69) is 49.0 Å². The summed E-state index contributed by atoms with van der Waals surface area (Å²) in [5, 5.41) is 11.7. The highest BCUT2D eigenvalue weighted by molar-refractivity contribution is 5.97. The molecule has 186 valence electrons. The first-order chi connectivity index (χ1) is 15.5. The Kier molecular flexibility index (Phi) is 12.5. The third kappa shape index (κ3) is 10.7. The monoisotopic (exact) mass is 461 g/mol. The number of anilines is 1. The molecular formula is C25H43N5O3. The van der Waals surface area contributed by atoms with Crippen LogP contribution >= 0.6 is 0 Å². The van der Waals surface area contributed by atoms with E-state index >= 15 is 0 Å². The van der Waals surface area contributed by atoms with E-state index in [4.69, 9.17) is 5.73 Å². The number of carbonyl (C=O) groups is 3. The van der Waals surface area contributed by atoms with Crippen LogP contribution in [0, 0.1) is 11.8 Å². The highest BCUT2D eigenvalue weighted by Gasteiger charge is 2.29. The number of nitrogens with one attached hydrogen (secondary N) is 4. The Labute approximate surface area is 198 Å². The van der Waals surface area contributed by atoms with Crippen molar-refractivity contribution in [1.82, 2.24) is 16.0 Å². The lowest BCUT2D eigenvalue weighted by molar-refractivity contribution is -0.129. The van der Waals surface area contributed by atoms with Gasteiger partial charge >= 0.3 is 6.03 Å². The van der Waals surface area contributed by atoms with E-state index in [0.29, 0.717) is 31.0 Å². The number of rotatable bonds is 14. The van der Waals surface area contributed by atoms with E-state index in [-0.39, 0.29) is 23.8 Å². The highest BCUT2D eigenvalue weighted by Crippen LogP contribution is 2.13. The molecule has 0 spiro atoms. The minimum Gasteiger partial charge on any atom is -0.352 e. The van der Waals surface area contributed by atoms with E-state index in [0.717, 1.165) is 12.8 Å². The van der Waals surface area contributed by atoms with E-state index in [9.17, 15) is 14.4 Å². The number of aryl methyl sites for hydroxylation is 1. The van der Waals surface area contributed by atoms with Gasteiger partial charge in [-0.15, -0.1) is 0 Å². The second-order valence-electron chi connectivity index (χ2n) is 9.35. The fourth-order valence-corrected chi connectivity index (χ4v) is 3.37. The van der Waals surface area contributed by atoms with Gasteiger partial charge < -0.3 is 27.0 Å². The second kappa shape index (κ2) is 14.5. The summed E-state index contributed by atoms with van der Waals surface area (Å²) < 4.78 is 0. The number of amides is 4. The van der Waals surface area contributed by atoms with E-state index in [1.165, 1.54) is 5.56 Å². The fraction of sp³-hybridized carbons (Fsp3) is 0.640. The molecule has 0 saturated carbocycles. The molecule has 0 bridgehead atoms. The third-order valence-electron chi connectivity index (χ3n) is 5.75. The molecule has 0 heterocycles. The number of primary amides is 1. The minimum atomic E-state index is -0.736. The molecule has 3 unspecified atom stereocenters. The number of hydrogen-bond donors (Lipinski definition) is 5. The Morgan fingerprint density at radius 3 is 2.09 bits per heavy atom. The van der Waals surface area contributed by atoms with Crippen molar-refractivity contribution in [2.75, 3.05) is 11.9 Å². The Balaban J connectivity index is 2.90. The van der Waals surface area contributed by atoms with Crippen LogP contribution < -0.4 is 27.0 Å². The molecule has 0 aliphatic heterocycles. The van der Waals surface area contributed by atoms with Crippen molar-refractivity contribution in [3.8, 4) is 0 Å². The third-order valence-corrected chi connectivity index (χ3v) is 5.75. The number of urea groups is 1. The maximum absolute atomic E-state index is 13.1. The zero-order chi connectivity index (χ0) is 25.0. The van der Waals surface area contributed by atoms with Crippen LogP contribution in [0.4, 0.5) is 10.5 Å². The summed E-state index contributed by atoms with van der Waals surface area (Å²) in [6, 6.07) is 6.12. The van der Waals surface area contributed by atoms with Crippen LogP contribution in [0.25, 0.3) is 0 Å². The molecule has 0 saturated heterocycles. The molecule has 1 aromatic carbocycles. The molecule has 0 aliphatic rings. The first-order valence-corrected chi connectivity index (χ1v) is 12.0. The predicted octanol–water partition coefficient (Wildman–Crippen LogP) is 3.17. The van der Waals surface area contributed by atoms with Crippen LogP contribution in [0.1, 0.15) is 66.4 Å². The van der Waals surface area contributed by atoms with Gasteiger partial charge in [0.15, 0.2) is 0 Å². The van der Waals surface area contributed by atoms with Crippen LogP contribution in [0.3, 0.4) is 0 Å². The molecule has 4 amide bonds. The summed E-state index contributed by atoms with van der Waals surface area (Å²) in [6.07, 6.45) is 2.91. The molecule has 3 atom stereocenters. The van der Waals surface area contributed by atoms with Crippen molar-refractivity contribution < 1.29 is 14.4 Å². The SMILES string of the molecule is CCCc1ccc(NC(=O)C(CCCNC(N)=O)NC(=O)C(NC(C)C(C)C)C(C)C)cc1. The van der Waals surface area contributed by atoms with E-state index < -0.39 is 18.1 Å². The molecule has 0 radical (unpaired) electrons. The quantitative estimate of drug-likeness (QED) is 0.273. The van der Waals surface area contributed by atoms with E-state index in [1.807, 2.05) is 38.1 Å². The van der Waals surface area contributed by atoms with Crippen molar-refractivity contribution in [1.29, 1.82) is 0 Å². The summed E-state index contributed by atoms with van der Waals surface area (Å²) in [5.41, 5.74) is 7.01. The van der Waals surface area contributed by atoms with E-state index in [1.54, 1.807) is 0 Å². The zero-order valence-electron chi connectivity index (χ0n) is 21.0. The molecule has 0 aliphatic carbocycles. The second-order valence-corrected chi connectivity index (χ2v) is 9.35. The normalized spacial score (nSPS) is 13.9. The highest BCUT2D eigenvalue weighted by atomic mass is 16.2. The average molecular weight is 462 g/mol. The summed E-state index contributed by atoms with van der Waals surface area (Å²) >= 11 is 0. The van der Waals surface area contributed by atoms with Gasteiger partial charge in [0.1, 0.15) is 6.04 Å². The summed E-state index contributed by atoms with van der Waals surface area (Å²) in [7, 11) is 0. The van der Waals surface area contributed by atoms with Gasteiger partial charge in [0.05, 0.1) is 6.04 Å². The molecule has 1 rings (SSSR count). The topological polar surface area (TPSA) is 125 Å². The fourth-order valence-electron chi connectivity index (χ4n) is 3.37. The van der Waals surface area contributed by atoms with Gasteiger partial charge in [0.25, 0.3) is 0 Å². The molecule has 8 nitrogen and oxygen atoms in total. The van der Waals surface area contributed by atoms with Crippen LogP contribution in [-0.4, -0.2) is 42.5 Å². The van der Waals surface area contributed by atoms with Gasteiger partial charge in [0, 0.05) is 18.3 Å². The van der Waals surface area contributed by atoms with Gasteiger partial charge in [0.2, 0.25) is 11.8 Å². The first kappa shape index (κ1) is 28.4. The van der Waals surface area contributed by atoms with Crippen molar-refractivity contribution >= 4 is 23.5 Å². The summed E-state index contributed by atoms with van der Waals surface area (Å²) in [6.45, 7) is 12.7. The largest absolute Gasteiger partial charge is 0.352 e.